The number of anilines is 1. The van der Waals surface area contributed by atoms with Gasteiger partial charge in [0.2, 0.25) is 0 Å². The maximum atomic E-state index is 4.34. The van der Waals surface area contributed by atoms with Crippen molar-refractivity contribution in [3.05, 3.63) is 12.5 Å². The molecule has 0 atom stereocenters. The molecule has 2 aromatic heterocycles. The normalized spacial score (nSPS) is 15.8. The predicted octanol–water partition coefficient (Wildman–Crippen LogP) is 1.82. The summed E-state index contributed by atoms with van der Waals surface area (Å²) in [4.78, 5) is 15.5. The van der Waals surface area contributed by atoms with E-state index in [2.05, 4.69) is 54.8 Å². The third-order valence-corrected chi connectivity index (χ3v) is 5.36. The Bertz CT molecular complexity index is 796. The maximum Gasteiger partial charge on any atom is 0.191 e. The number of nitrogens with zero attached hydrogens (tertiary/aromatic N) is 6. The van der Waals surface area contributed by atoms with Gasteiger partial charge in [0, 0.05) is 39.3 Å². The third-order valence-electron chi connectivity index (χ3n) is 5.36. The van der Waals surface area contributed by atoms with Crippen LogP contribution in [0.4, 0.5) is 5.82 Å². The van der Waals surface area contributed by atoms with Gasteiger partial charge in [0.05, 0.1) is 11.6 Å². The predicted molar refractivity (Wildman–Crippen MR) is 129 cm³/mol. The number of halogens is 1. The summed E-state index contributed by atoms with van der Waals surface area (Å²) in [6.45, 7) is 9.29. The molecule has 29 heavy (non-hydrogen) atoms. The molecule has 162 valence electrons. The van der Waals surface area contributed by atoms with E-state index in [1.807, 2.05) is 7.05 Å². The second-order valence-corrected chi connectivity index (χ2v) is 7.87. The van der Waals surface area contributed by atoms with E-state index >= 15 is 0 Å². The number of aromatic nitrogens is 4. The van der Waals surface area contributed by atoms with Gasteiger partial charge in [-0.05, 0) is 39.8 Å². The van der Waals surface area contributed by atoms with Crippen molar-refractivity contribution >= 4 is 46.8 Å². The first kappa shape index (κ1) is 23.6. The first-order chi connectivity index (χ1) is 13.5. The fourth-order valence-electron chi connectivity index (χ4n) is 3.60. The van der Waals surface area contributed by atoms with Crippen LogP contribution in [0.15, 0.2) is 17.5 Å². The summed E-state index contributed by atoms with van der Waals surface area (Å²) >= 11 is 0. The summed E-state index contributed by atoms with van der Waals surface area (Å²) in [6.07, 6.45) is 7.30. The zero-order valence-electron chi connectivity index (χ0n) is 17.9. The minimum atomic E-state index is 0. The lowest BCUT2D eigenvalue weighted by molar-refractivity contribution is 0.0982. The first-order valence-electron chi connectivity index (χ1n) is 10.1. The number of guanidine groups is 1. The van der Waals surface area contributed by atoms with E-state index in [0.717, 1.165) is 42.4 Å². The van der Waals surface area contributed by atoms with Gasteiger partial charge in [-0.2, -0.15) is 5.10 Å². The fraction of sp³-hybridized carbons (Fsp3) is 0.684. The van der Waals surface area contributed by atoms with E-state index in [1.165, 1.54) is 32.4 Å². The molecule has 0 aromatic carbocycles. The summed E-state index contributed by atoms with van der Waals surface area (Å²) in [5.74, 6) is 1.62. The highest BCUT2D eigenvalue weighted by Gasteiger charge is 2.27. The maximum absolute atomic E-state index is 4.34. The van der Waals surface area contributed by atoms with Gasteiger partial charge >= 0.3 is 0 Å². The molecule has 0 saturated carbocycles. The van der Waals surface area contributed by atoms with E-state index in [9.17, 15) is 0 Å². The van der Waals surface area contributed by atoms with Gasteiger partial charge in [-0.1, -0.05) is 6.42 Å². The van der Waals surface area contributed by atoms with E-state index in [0.29, 0.717) is 0 Å². The quantitative estimate of drug-likeness (QED) is 0.224. The molecule has 0 radical (unpaired) electrons. The molecule has 3 heterocycles. The molecule has 0 aliphatic carbocycles. The fourth-order valence-corrected chi connectivity index (χ4v) is 3.60. The molecule has 9 nitrogen and oxygen atoms in total. The van der Waals surface area contributed by atoms with Gasteiger partial charge in [-0.25, -0.2) is 9.97 Å². The monoisotopic (exact) mass is 515 g/mol. The molecule has 1 saturated heterocycles. The molecular formula is C19H34IN9. The van der Waals surface area contributed by atoms with Crippen molar-refractivity contribution in [2.45, 2.75) is 38.6 Å². The molecule has 0 spiro atoms. The summed E-state index contributed by atoms with van der Waals surface area (Å²) in [7, 11) is 3.68. The van der Waals surface area contributed by atoms with Crippen molar-refractivity contribution in [3.63, 3.8) is 0 Å². The zero-order valence-corrected chi connectivity index (χ0v) is 20.2. The lowest BCUT2D eigenvalue weighted by Gasteiger charge is -2.41. The van der Waals surface area contributed by atoms with Crippen LogP contribution in [-0.2, 0) is 7.05 Å². The van der Waals surface area contributed by atoms with Gasteiger partial charge in [0.1, 0.15) is 12.1 Å². The molecule has 1 aliphatic heterocycles. The number of hydrogen-bond donors (Lipinski definition) is 3. The molecule has 2 aromatic rings. The standard InChI is InChI=1S/C19H33N9.HI/c1-19(2,28-10-6-5-7-11-28)13-23-18(20-3)22-9-8-21-16-15-12-26-27(4)17(15)25-14-24-16;/h12,14H,5-11,13H2,1-4H3,(H2,20,22,23)(H,21,24,25);1H. The van der Waals surface area contributed by atoms with Gasteiger partial charge in [0.15, 0.2) is 11.6 Å². The molecule has 3 rings (SSSR count). The van der Waals surface area contributed by atoms with Crippen LogP contribution >= 0.6 is 24.0 Å². The molecule has 0 amide bonds. The Balaban J connectivity index is 0.00000300. The second-order valence-electron chi connectivity index (χ2n) is 7.87. The number of aliphatic imine (C=N–C) groups is 1. The number of rotatable bonds is 7. The number of aryl methyl sites for hydroxylation is 1. The van der Waals surface area contributed by atoms with Crippen molar-refractivity contribution in [2.24, 2.45) is 12.0 Å². The van der Waals surface area contributed by atoms with E-state index in [-0.39, 0.29) is 29.5 Å². The zero-order chi connectivity index (χ0) is 20.0. The minimum Gasteiger partial charge on any atom is -0.368 e. The molecule has 3 N–H and O–H groups in total. The molecule has 1 aliphatic rings. The molecule has 1 fully saturated rings. The van der Waals surface area contributed by atoms with Crippen LogP contribution in [0.25, 0.3) is 11.0 Å². The number of nitrogens with one attached hydrogen (secondary N) is 3. The van der Waals surface area contributed by atoms with E-state index < -0.39 is 0 Å². The van der Waals surface area contributed by atoms with Gasteiger partial charge < -0.3 is 16.0 Å². The van der Waals surface area contributed by atoms with Gasteiger partial charge in [0.25, 0.3) is 0 Å². The van der Waals surface area contributed by atoms with Crippen LogP contribution in [0.3, 0.4) is 0 Å². The summed E-state index contributed by atoms with van der Waals surface area (Å²) < 4.78 is 1.75. The number of likely N-dealkylation sites (tertiary alicyclic amines) is 1. The third kappa shape index (κ3) is 6.14. The minimum absolute atomic E-state index is 0. The van der Waals surface area contributed by atoms with Crippen molar-refractivity contribution in [1.29, 1.82) is 0 Å². The Morgan fingerprint density at radius 3 is 2.62 bits per heavy atom. The van der Waals surface area contributed by atoms with E-state index in [4.69, 9.17) is 0 Å². The van der Waals surface area contributed by atoms with Crippen LogP contribution in [0.1, 0.15) is 33.1 Å². The lowest BCUT2D eigenvalue weighted by Crippen LogP contribution is -2.55. The molecule has 10 heteroatoms. The van der Waals surface area contributed by atoms with Crippen LogP contribution in [0, 0.1) is 0 Å². The second kappa shape index (κ2) is 10.9. The Morgan fingerprint density at radius 1 is 1.14 bits per heavy atom. The molecule has 0 bridgehead atoms. The highest BCUT2D eigenvalue weighted by molar-refractivity contribution is 14.0. The topological polar surface area (TPSA) is 95.3 Å². The Hall–Kier alpha value is -1.69. The van der Waals surface area contributed by atoms with Crippen LogP contribution in [0.2, 0.25) is 0 Å². The Morgan fingerprint density at radius 2 is 1.90 bits per heavy atom. The van der Waals surface area contributed by atoms with Crippen molar-refractivity contribution in [2.75, 3.05) is 45.1 Å². The van der Waals surface area contributed by atoms with Crippen LogP contribution < -0.4 is 16.0 Å². The van der Waals surface area contributed by atoms with Crippen molar-refractivity contribution in [3.8, 4) is 0 Å². The first-order valence-corrected chi connectivity index (χ1v) is 10.1. The highest BCUT2D eigenvalue weighted by atomic mass is 127. The summed E-state index contributed by atoms with van der Waals surface area (Å²) in [5.41, 5.74) is 0.936. The van der Waals surface area contributed by atoms with Gasteiger partial charge in [-0.15, -0.1) is 24.0 Å². The highest BCUT2D eigenvalue weighted by Crippen LogP contribution is 2.20. The lowest BCUT2D eigenvalue weighted by atomic mass is 9.98. The number of piperidine rings is 1. The largest absolute Gasteiger partial charge is 0.368 e. The van der Waals surface area contributed by atoms with Crippen LogP contribution in [-0.4, -0.2) is 75.9 Å². The number of fused-ring (bicyclic) bond motifs is 1. The molecular weight excluding hydrogens is 481 g/mol. The number of hydrogen-bond acceptors (Lipinski definition) is 6. The van der Waals surface area contributed by atoms with E-state index in [1.54, 1.807) is 24.3 Å². The van der Waals surface area contributed by atoms with Crippen molar-refractivity contribution in [1.82, 2.24) is 35.3 Å². The average molecular weight is 515 g/mol. The molecule has 0 unspecified atom stereocenters. The van der Waals surface area contributed by atoms with Crippen molar-refractivity contribution < 1.29 is 0 Å². The Kier molecular flexibility index (Phi) is 8.87. The smallest absolute Gasteiger partial charge is 0.191 e. The van der Waals surface area contributed by atoms with Crippen LogP contribution in [0.5, 0.6) is 0 Å². The Labute approximate surface area is 190 Å². The van der Waals surface area contributed by atoms with Gasteiger partial charge in [-0.3, -0.25) is 14.6 Å². The average Bonchev–Trinajstić information content (AvgIpc) is 3.10. The summed E-state index contributed by atoms with van der Waals surface area (Å²) in [6, 6.07) is 0. The SMILES string of the molecule is CN=C(NCCNc1ncnc2c1cnn2C)NCC(C)(C)N1CCCCC1.I. The summed E-state index contributed by atoms with van der Waals surface area (Å²) in [5, 5.41) is 15.3.